The molecule has 0 amide bonds. The van der Waals surface area contributed by atoms with Crippen molar-refractivity contribution in [1.29, 1.82) is 0 Å². The summed E-state index contributed by atoms with van der Waals surface area (Å²) in [5, 5.41) is 3.24. The lowest BCUT2D eigenvalue weighted by atomic mass is 10.0. The molecule has 0 radical (unpaired) electrons. The molecule has 0 saturated carbocycles. The number of hydrogen-bond acceptors (Lipinski definition) is 4. The van der Waals surface area contributed by atoms with Crippen LogP contribution in [0.25, 0.3) is 0 Å². The molecule has 2 aromatic rings. The molecular formula is C16H18N2O2. The highest BCUT2D eigenvalue weighted by molar-refractivity contribution is 5.81. The van der Waals surface area contributed by atoms with Gasteiger partial charge >= 0.3 is 5.97 Å². The number of pyridine rings is 1. The number of esters is 1. The van der Waals surface area contributed by atoms with Crippen molar-refractivity contribution in [1.82, 2.24) is 4.98 Å². The molecule has 0 saturated heterocycles. The maximum Gasteiger partial charge on any atom is 0.333 e. The van der Waals surface area contributed by atoms with E-state index in [2.05, 4.69) is 10.3 Å². The number of anilines is 1. The number of carbonyl (C=O) groups excluding carboxylic acids is 1. The van der Waals surface area contributed by atoms with Crippen molar-refractivity contribution in [2.24, 2.45) is 0 Å². The summed E-state index contributed by atoms with van der Waals surface area (Å²) in [5.74, 6) is -0.329. The number of rotatable bonds is 4. The molecular weight excluding hydrogens is 252 g/mol. The zero-order chi connectivity index (χ0) is 14.5. The van der Waals surface area contributed by atoms with E-state index in [4.69, 9.17) is 4.74 Å². The molecule has 1 atom stereocenters. The molecule has 1 aromatic carbocycles. The third kappa shape index (κ3) is 2.96. The van der Waals surface area contributed by atoms with E-state index in [0.717, 1.165) is 22.4 Å². The molecule has 1 heterocycles. The smallest absolute Gasteiger partial charge is 0.333 e. The Labute approximate surface area is 118 Å². The van der Waals surface area contributed by atoms with Gasteiger partial charge in [-0.2, -0.15) is 0 Å². The zero-order valence-electron chi connectivity index (χ0n) is 11.9. The van der Waals surface area contributed by atoms with Crippen LogP contribution in [0.15, 0.2) is 42.7 Å². The van der Waals surface area contributed by atoms with Crippen LogP contribution in [0.5, 0.6) is 0 Å². The van der Waals surface area contributed by atoms with Crippen molar-refractivity contribution in [2.45, 2.75) is 19.9 Å². The monoisotopic (exact) mass is 270 g/mol. The molecule has 4 heteroatoms. The number of nitrogens with zero attached hydrogens (tertiary/aromatic N) is 1. The average Bonchev–Trinajstić information content (AvgIpc) is 2.47. The van der Waals surface area contributed by atoms with Crippen LogP contribution in [0.4, 0.5) is 5.69 Å². The molecule has 20 heavy (non-hydrogen) atoms. The number of carbonyl (C=O) groups is 1. The molecule has 1 aromatic heterocycles. The number of benzene rings is 1. The van der Waals surface area contributed by atoms with E-state index in [1.54, 1.807) is 12.4 Å². The van der Waals surface area contributed by atoms with Crippen LogP contribution >= 0.6 is 0 Å². The number of methoxy groups -OCH3 is 1. The van der Waals surface area contributed by atoms with E-state index in [-0.39, 0.29) is 5.97 Å². The summed E-state index contributed by atoms with van der Waals surface area (Å²) >= 11 is 0. The summed E-state index contributed by atoms with van der Waals surface area (Å²) in [6.45, 7) is 3.94. The van der Waals surface area contributed by atoms with Crippen LogP contribution in [-0.4, -0.2) is 18.1 Å². The van der Waals surface area contributed by atoms with Gasteiger partial charge in [0.1, 0.15) is 0 Å². The Kier molecular flexibility index (Phi) is 4.35. The number of nitrogens with one attached hydrogen (secondary N) is 1. The molecule has 2 rings (SSSR count). The Bertz CT molecular complexity index is 611. The van der Waals surface area contributed by atoms with Gasteiger partial charge in [0.15, 0.2) is 6.04 Å². The normalized spacial score (nSPS) is 11.8. The van der Waals surface area contributed by atoms with Crippen molar-refractivity contribution >= 4 is 11.7 Å². The summed E-state index contributed by atoms with van der Waals surface area (Å²) < 4.78 is 4.90. The van der Waals surface area contributed by atoms with Gasteiger partial charge in [-0.3, -0.25) is 4.98 Å². The van der Waals surface area contributed by atoms with Crippen LogP contribution in [0.1, 0.15) is 22.7 Å². The van der Waals surface area contributed by atoms with Crippen molar-refractivity contribution in [3.8, 4) is 0 Å². The molecule has 0 aliphatic heterocycles. The van der Waals surface area contributed by atoms with Crippen molar-refractivity contribution < 1.29 is 9.53 Å². The summed E-state index contributed by atoms with van der Waals surface area (Å²) in [6.07, 6.45) is 3.41. The lowest BCUT2D eigenvalue weighted by Crippen LogP contribution is -2.23. The molecule has 1 unspecified atom stereocenters. The summed E-state index contributed by atoms with van der Waals surface area (Å²) in [6, 6.07) is 9.15. The predicted octanol–water partition coefficient (Wildman–Crippen LogP) is 3.02. The van der Waals surface area contributed by atoms with Crippen molar-refractivity contribution in [2.75, 3.05) is 12.4 Å². The highest BCUT2D eigenvalue weighted by Gasteiger charge is 2.23. The molecule has 0 fully saturated rings. The van der Waals surface area contributed by atoms with E-state index >= 15 is 0 Å². The standard InChI is InChI=1S/C16H18N2O2/c1-11-8-9-17-10-13(11)15(16(19)20-3)18-14-7-5-4-6-12(14)2/h4-10,15,18H,1-3H3. The van der Waals surface area contributed by atoms with Crippen LogP contribution in [0.2, 0.25) is 0 Å². The van der Waals surface area contributed by atoms with Gasteiger partial charge in [0, 0.05) is 23.6 Å². The molecule has 104 valence electrons. The van der Waals surface area contributed by atoms with Gasteiger partial charge in [-0.1, -0.05) is 18.2 Å². The van der Waals surface area contributed by atoms with Gasteiger partial charge in [0.25, 0.3) is 0 Å². The largest absolute Gasteiger partial charge is 0.467 e. The molecule has 1 N–H and O–H groups in total. The SMILES string of the molecule is COC(=O)C(Nc1ccccc1C)c1cnccc1C. The Morgan fingerprint density at radius 3 is 2.60 bits per heavy atom. The quantitative estimate of drug-likeness (QED) is 0.868. The summed E-state index contributed by atoms with van der Waals surface area (Å²) in [4.78, 5) is 16.2. The third-order valence-electron chi connectivity index (χ3n) is 3.27. The van der Waals surface area contributed by atoms with Gasteiger partial charge in [-0.15, -0.1) is 0 Å². The van der Waals surface area contributed by atoms with Crippen molar-refractivity contribution in [3.63, 3.8) is 0 Å². The van der Waals surface area contributed by atoms with E-state index in [1.165, 1.54) is 7.11 Å². The molecule has 0 aliphatic rings. The number of hydrogen-bond donors (Lipinski definition) is 1. The van der Waals surface area contributed by atoms with Gasteiger partial charge in [0.05, 0.1) is 7.11 Å². The first-order valence-electron chi connectivity index (χ1n) is 6.44. The molecule has 0 aliphatic carbocycles. The van der Waals surface area contributed by atoms with E-state index in [1.807, 2.05) is 44.2 Å². The van der Waals surface area contributed by atoms with Gasteiger partial charge < -0.3 is 10.1 Å². The van der Waals surface area contributed by atoms with Gasteiger partial charge in [0.2, 0.25) is 0 Å². The Hall–Kier alpha value is -2.36. The summed E-state index contributed by atoms with van der Waals surface area (Å²) in [5.41, 5.74) is 3.80. The number of ether oxygens (including phenoxy) is 1. The van der Waals surface area contributed by atoms with Crippen LogP contribution in [0.3, 0.4) is 0 Å². The van der Waals surface area contributed by atoms with Crippen LogP contribution in [-0.2, 0) is 9.53 Å². The molecule has 4 nitrogen and oxygen atoms in total. The highest BCUT2D eigenvalue weighted by atomic mass is 16.5. The Morgan fingerprint density at radius 1 is 1.20 bits per heavy atom. The van der Waals surface area contributed by atoms with Crippen LogP contribution < -0.4 is 5.32 Å². The average molecular weight is 270 g/mol. The highest BCUT2D eigenvalue weighted by Crippen LogP contribution is 2.24. The second kappa shape index (κ2) is 6.19. The molecule has 0 spiro atoms. The second-order valence-corrected chi connectivity index (χ2v) is 4.65. The molecule has 0 bridgehead atoms. The fourth-order valence-electron chi connectivity index (χ4n) is 2.05. The number of aromatic nitrogens is 1. The minimum atomic E-state index is -0.560. The van der Waals surface area contributed by atoms with Crippen molar-refractivity contribution in [3.05, 3.63) is 59.4 Å². The topological polar surface area (TPSA) is 51.2 Å². The minimum Gasteiger partial charge on any atom is -0.467 e. The lowest BCUT2D eigenvalue weighted by Gasteiger charge is -2.20. The third-order valence-corrected chi connectivity index (χ3v) is 3.27. The first-order chi connectivity index (χ1) is 9.63. The fourth-order valence-corrected chi connectivity index (χ4v) is 2.05. The Morgan fingerprint density at radius 2 is 1.95 bits per heavy atom. The second-order valence-electron chi connectivity index (χ2n) is 4.65. The fraction of sp³-hybridized carbons (Fsp3) is 0.250. The maximum atomic E-state index is 12.1. The first-order valence-corrected chi connectivity index (χ1v) is 6.44. The lowest BCUT2D eigenvalue weighted by molar-refractivity contribution is -0.141. The minimum absolute atomic E-state index is 0.329. The van der Waals surface area contributed by atoms with Crippen LogP contribution in [0, 0.1) is 13.8 Å². The summed E-state index contributed by atoms with van der Waals surface area (Å²) in [7, 11) is 1.39. The maximum absolute atomic E-state index is 12.1. The van der Waals surface area contributed by atoms with E-state index < -0.39 is 6.04 Å². The van der Waals surface area contributed by atoms with E-state index in [9.17, 15) is 4.79 Å². The Balaban J connectivity index is 2.37. The van der Waals surface area contributed by atoms with Gasteiger partial charge in [-0.05, 0) is 37.1 Å². The number of para-hydroxylation sites is 1. The predicted molar refractivity (Wildman–Crippen MR) is 78.5 cm³/mol. The zero-order valence-corrected chi connectivity index (χ0v) is 11.9. The first kappa shape index (κ1) is 14.1. The number of aryl methyl sites for hydroxylation is 2. The van der Waals surface area contributed by atoms with Gasteiger partial charge in [-0.25, -0.2) is 4.79 Å². The van der Waals surface area contributed by atoms with E-state index in [0.29, 0.717) is 0 Å².